The zero-order valence-corrected chi connectivity index (χ0v) is 7.85. The van der Waals surface area contributed by atoms with Crippen LogP contribution in [0.5, 0.6) is 5.75 Å². The molecule has 17 heavy (non-hydrogen) atoms. The van der Waals surface area contributed by atoms with Gasteiger partial charge in [-0.25, -0.2) is 0 Å². The van der Waals surface area contributed by atoms with Crippen molar-refractivity contribution >= 4 is 11.5 Å². The Labute approximate surface area is 91.4 Å². The number of rotatable bonds is 2. The number of nitro groups is 1. The van der Waals surface area contributed by atoms with E-state index in [-0.39, 0.29) is 0 Å². The standard InChI is InChI=1S/C7H3F3N4O3/c8-7(9,10)17-5-3(1-11)4(12)2-13-6(5)14(15)16/h2H,12H2. The Balaban J connectivity index is 3.46. The van der Waals surface area contributed by atoms with Crippen molar-refractivity contribution in [3.8, 4) is 11.8 Å². The van der Waals surface area contributed by atoms with Gasteiger partial charge in [-0.15, -0.1) is 13.2 Å². The molecule has 0 unspecified atom stereocenters. The molecule has 0 fully saturated rings. The summed E-state index contributed by atoms with van der Waals surface area (Å²) < 4.78 is 39.4. The van der Waals surface area contributed by atoms with E-state index in [0.29, 0.717) is 6.20 Å². The largest absolute Gasteiger partial charge is 0.573 e. The van der Waals surface area contributed by atoms with Gasteiger partial charge >= 0.3 is 12.2 Å². The predicted molar refractivity (Wildman–Crippen MR) is 46.7 cm³/mol. The molecule has 0 radical (unpaired) electrons. The Morgan fingerprint density at radius 1 is 1.59 bits per heavy atom. The highest BCUT2D eigenvalue weighted by molar-refractivity contribution is 5.65. The molecular weight excluding hydrogens is 245 g/mol. The lowest BCUT2D eigenvalue weighted by Gasteiger charge is -2.10. The summed E-state index contributed by atoms with van der Waals surface area (Å²) in [4.78, 5) is 12.3. The molecule has 10 heteroatoms. The third-order valence-electron chi connectivity index (χ3n) is 1.55. The second-order valence-corrected chi connectivity index (χ2v) is 2.66. The van der Waals surface area contributed by atoms with Crippen LogP contribution >= 0.6 is 0 Å². The Morgan fingerprint density at radius 2 is 2.18 bits per heavy atom. The second-order valence-electron chi connectivity index (χ2n) is 2.66. The number of nitrogens with two attached hydrogens (primary N) is 1. The van der Waals surface area contributed by atoms with Crippen molar-refractivity contribution in [1.29, 1.82) is 5.26 Å². The summed E-state index contributed by atoms with van der Waals surface area (Å²) in [6.07, 6.45) is -4.48. The minimum atomic E-state index is -5.19. The number of nitrogens with zero attached hydrogens (tertiary/aromatic N) is 3. The van der Waals surface area contributed by atoms with Crippen molar-refractivity contribution in [2.75, 3.05) is 5.73 Å². The zero-order chi connectivity index (χ0) is 13.2. The first-order chi connectivity index (χ1) is 7.76. The van der Waals surface area contributed by atoms with E-state index in [1.807, 2.05) is 0 Å². The molecule has 0 bridgehead atoms. The average Bonchev–Trinajstić information content (AvgIpc) is 2.15. The third-order valence-corrected chi connectivity index (χ3v) is 1.55. The van der Waals surface area contributed by atoms with Gasteiger partial charge in [0.25, 0.3) is 0 Å². The van der Waals surface area contributed by atoms with Crippen molar-refractivity contribution < 1.29 is 22.8 Å². The SMILES string of the molecule is N#Cc1c(N)cnc([N+](=O)[O-])c1OC(F)(F)F. The summed E-state index contributed by atoms with van der Waals surface area (Å²) in [5.41, 5.74) is 3.93. The molecule has 0 saturated carbocycles. The first-order valence-electron chi connectivity index (χ1n) is 3.85. The fourth-order valence-electron chi connectivity index (χ4n) is 0.955. The van der Waals surface area contributed by atoms with Crippen LogP contribution in [0, 0.1) is 21.4 Å². The number of hydrogen-bond donors (Lipinski definition) is 1. The van der Waals surface area contributed by atoms with Gasteiger partial charge in [-0.2, -0.15) is 5.26 Å². The fourth-order valence-corrected chi connectivity index (χ4v) is 0.955. The van der Waals surface area contributed by atoms with Gasteiger partial charge in [-0.05, 0) is 9.91 Å². The molecule has 0 atom stereocenters. The van der Waals surface area contributed by atoms with Gasteiger partial charge in [0.15, 0.2) is 6.20 Å². The van der Waals surface area contributed by atoms with Gasteiger partial charge in [0, 0.05) is 0 Å². The van der Waals surface area contributed by atoms with Crippen molar-refractivity contribution in [2.45, 2.75) is 6.36 Å². The maximum absolute atomic E-state index is 12.0. The molecule has 0 aliphatic heterocycles. The first kappa shape index (κ1) is 12.5. The number of nitrogen functional groups attached to an aromatic ring is 1. The topological polar surface area (TPSA) is 115 Å². The van der Waals surface area contributed by atoms with Crippen LogP contribution in [-0.4, -0.2) is 16.3 Å². The Morgan fingerprint density at radius 3 is 2.59 bits per heavy atom. The van der Waals surface area contributed by atoms with Crippen molar-refractivity contribution in [3.05, 3.63) is 21.9 Å². The van der Waals surface area contributed by atoms with Crippen LogP contribution in [0.2, 0.25) is 0 Å². The summed E-state index contributed by atoms with van der Waals surface area (Å²) >= 11 is 0. The van der Waals surface area contributed by atoms with Crippen molar-refractivity contribution in [3.63, 3.8) is 0 Å². The predicted octanol–water partition coefficient (Wildman–Crippen LogP) is 1.34. The monoisotopic (exact) mass is 248 g/mol. The van der Waals surface area contributed by atoms with Gasteiger partial charge in [-0.1, -0.05) is 0 Å². The minimum absolute atomic E-state index is 0.447. The van der Waals surface area contributed by atoms with Gasteiger partial charge in [0.1, 0.15) is 11.6 Å². The highest BCUT2D eigenvalue weighted by Gasteiger charge is 2.37. The lowest BCUT2D eigenvalue weighted by atomic mass is 10.2. The van der Waals surface area contributed by atoms with Gasteiger partial charge in [-0.3, -0.25) is 0 Å². The third kappa shape index (κ3) is 2.71. The minimum Gasteiger partial charge on any atom is -0.395 e. The lowest BCUT2D eigenvalue weighted by Crippen LogP contribution is -2.19. The van der Waals surface area contributed by atoms with Crippen LogP contribution in [0.1, 0.15) is 5.56 Å². The van der Waals surface area contributed by atoms with Crippen LogP contribution in [0.25, 0.3) is 0 Å². The lowest BCUT2D eigenvalue weighted by molar-refractivity contribution is -0.393. The van der Waals surface area contributed by atoms with Crippen molar-refractivity contribution in [2.24, 2.45) is 0 Å². The smallest absolute Gasteiger partial charge is 0.395 e. The summed E-state index contributed by atoms with van der Waals surface area (Å²) in [6, 6.07) is 1.29. The van der Waals surface area contributed by atoms with E-state index in [0.717, 1.165) is 0 Å². The molecule has 1 heterocycles. The number of halogens is 3. The first-order valence-corrected chi connectivity index (χ1v) is 3.85. The zero-order valence-electron chi connectivity index (χ0n) is 7.85. The van der Waals surface area contributed by atoms with E-state index >= 15 is 0 Å². The van der Waals surface area contributed by atoms with Crippen LogP contribution in [0.15, 0.2) is 6.20 Å². The Bertz CT molecular complexity index is 508. The van der Waals surface area contributed by atoms with Gasteiger partial charge < -0.3 is 20.6 Å². The van der Waals surface area contributed by atoms with E-state index in [1.165, 1.54) is 6.07 Å². The molecule has 90 valence electrons. The quantitative estimate of drug-likeness (QED) is 0.623. The highest BCUT2D eigenvalue weighted by Crippen LogP contribution is 2.35. The van der Waals surface area contributed by atoms with Gasteiger partial charge in [0.05, 0.1) is 5.69 Å². The maximum Gasteiger partial charge on any atom is 0.573 e. The molecular formula is C7H3F3N4O3. The number of pyridine rings is 1. The molecule has 0 saturated heterocycles. The molecule has 0 aliphatic carbocycles. The molecule has 1 aromatic heterocycles. The molecule has 2 N–H and O–H groups in total. The molecule has 0 spiro atoms. The molecule has 0 aromatic carbocycles. The molecule has 1 aromatic rings. The molecule has 1 rings (SSSR count). The fraction of sp³-hybridized carbons (Fsp3) is 0.143. The van der Waals surface area contributed by atoms with Crippen LogP contribution in [0.3, 0.4) is 0 Å². The highest BCUT2D eigenvalue weighted by atomic mass is 19.4. The van der Waals surface area contributed by atoms with E-state index < -0.39 is 34.1 Å². The summed E-state index contributed by atoms with van der Waals surface area (Å²) in [5.74, 6) is -2.54. The number of nitriles is 1. The number of aromatic nitrogens is 1. The van der Waals surface area contributed by atoms with Crippen LogP contribution in [-0.2, 0) is 0 Å². The summed E-state index contributed by atoms with van der Waals surface area (Å²) in [7, 11) is 0. The number of anilines is 1. The maximum atomic E-state index is 12.0. The normalized spacial score (nSPS) is 10.7. The molecule has 0 aliphatic rings. The Kier molecular flexibility index (Phi) is 3.03. The van der Waals surface area contributed by atoms with Gasteiger partial charge in [0.2, 0.25) is 5.75 Å². The van der Waals surface area contributed by atoms with E-state index in [2.05, 4.69) is 9.72 Å². The van der Waals surface area contributed by atoms with Crippen molar-refractivity contribution in [1.82, 2.24) is 4.98 Å². The van der Waals surface area contributed by atoms with E-state index in [4.69, 9.17) is 11.0 Å². The second kappa shape index (κ2) is 4.12. The summed E-state index contributed by atoms with van der Waals surface area (Å²) in [6.45, 7) is 0. The molecule has 0 amide bonds. The number of ether oxygens (including phenoxy) is 1. The molecule has 7 nitrogen and oxygen atoms in total. The van der Waals surface area contributed by atoms with Crippen LogP contribution < -0.4 is 10.5 Å². The Hall–Kier alpha value is -2.57. The summed E-state index contributed by atoms with van der Waals surface area (Å²) in [5, 5.41) is 19.0. The number of alkyl halides is 3. The van der Waals surface area contributed by atoms with E-state index in [1.54, 1.807) is 0 Å². The van der Waals surface area contributed by atoms with E-state index in [9.17, 15) is 23.3 Å². The van der Waals surface area contributed by atoms with Crippen LogP contribution in [0.4, 0.5) is 24.7 Å². The average molecular weight is 248 g/mol. The number of hydrogen-bond acceptors (Lipinski definition) is 6.